The first-order valence-corrected chi connectivity index (χ1v) is 6.43. The van der Waals surface area contributed by atoms with Crippen LogP contribution in [0.5, 0.6) is 0 Å². The third-order valence-electron chi connectivity index (χ3n) is 3.42. The molecule has 1 heterocycles. The highest BCUT2D eigenvalue weighted by atomic mass is 35.5. The van der Waals surface area contributed by atoms with Gasteiger partial charge in [0.05, 0.1) is 5.56 Å². The monoisotopic (exact) mass is 256 g/mol. The molecular weight excluding hydrogens is 240 g/mol. The SMILES string of the molecule is CCCc1c(Cl)[nH]c(=O)n(CC2CC2C)c1=O. The number of nitrogens with one attached hydrogen (secondary N) is 1. The molecule has 0 spiro atoms. The summed E-state index contributed by atoms with van der Waals surface area (Å²) in [4.78, 5) is 26.4. The normalized spacial score (nSPS) is 22.8. The van der Waals surface area contributed by atoms with Crippen LogP contribution < -0.4 is 11.2 Å². The minimum atomic E-state index is -0.390. The summed E-state index contributed by atoms with van der Waals surface area (Å²) in [7, 11) is 0. The van der Waals surface area contributed by atoms with E-state index in [2.05, 4.69) is 11.9 Å². The van der Waals surface area contributed by atoms with E-state index in [-0.39, 0.29) is 16.4 Å². The minimum absolute atomic E-state index is 0.196. The van der Waals surface area contributed by atoms with Crippen molar-refractivity contribution in [3.8, 4) is 0 Å². The number of aromatic nitrogens is 2. The van der Waals surface area contributed by atoms with Gasteiger partial charge in [-0.05, 0) is 24.7 Å². The Morgan fingerprint density at radius 1 is 1.47 bits per heavy atom. The van der Waals surface area contributed by atoms with Crippen molar-refractivity contribution in [1.82, 2.24) is 9.55 Å². The van der Waals surface area contributed by atoms with E-state index in [1.165, 1.54) is 4.57 Å². The standard InChI is InChI=1S/C12H17ClN2O2/c1-3-4-9-10(13)14-12(17)15(11(9)16)6-8-5-7(8)2/h7-8H,3-6H2,1-2H3,(H,14,17). The van der Waals surface area contributed by atoms with Gasteiger partial charge in [0.25, 0.3) is 5.56 Å². The van der Waals surface area contributed by atoms with E-state index in [1.54, 1.807) is 0 Å². The van der Waals surface area contributed by atoms with Gasteiger partial charge in [-0.2, -0.15) is 0 Å². The number of hydrogen-bond donors (Lipinski definition) is 1. The Kier molecular flexibility index (Phi) is 3.43. The topological polar surface area (TPSA) is 54.9 Å². The Labute approximate surface area is 105 Å². The third-order valence-corrected chi connectivity index (χ3v) is 3.75. The number of aromatic amines is 1. The van der Waals surface area contributed by atoms with Crippen LogP contribution in [-0.4, -0.2) is 9.55 Å². The van der Waals surface area contributed by atoms with Crippen LogP contribution in [0.1, 0.15) is 32.3 Å². The van der Waals surface area contributed by atoms with E-state index in [0.717, 1.165) is 12.8 Å². The van der Waals surface area contributed by atoms with Crippen LogP contribution in [0.25, 0.3) is 0 Å². The van der Waals surface area contributed by atoms with E-state index in [1.807, 2.05) is 6.92 Å². The van der Waals surface area contributed by atoms with Gasteiger partial charge in [0.2, 0.25) is 0 Å². The van der Waals surface area contributed by atoms with Gasteiger partial charge < -0.3 is 0 Å². The molecule has 2 atom stereocenters. The van der Waals surface area contributed by atoms with Crippen molar-refractivity contribution in [1.29, 1.82) is 0 Å². The summed E-state index contributed by atoms with van der Waals surface area (Å²) >= 11 is 5.90. The smallest absolute Gasteiger partial charge is 0.297 e. The van der Waals surface area contributed by atoms with Gasteiger partial charge in [0.1, 0.15) is 5.15 Å². The maximum Gasteiger partial charge on any atom is 0.329 e. The molecule has 0 amide bonds. The third kappa shape index (κ3) is 2.46. The summed E-state index contributed by atoms with van der Waals surface area (Å²) in [6, 6.07) is 0. The zero-order chi connectivity index (χ0) is 12.6. The highest BCUT2D eigenvalue weighted by Gasteiger charge is 2.33. The zero-order valence-electron chi connectivity index (χ0n) is 10.1. The molecule has 5 heteroatoms. The number of halogens is 1. The first-order chi connectivity index (χ1) is 8.04. The van der Waals surface area contributed by atoms with Crippen LogP contribution >= 0.6 is 11.6 Å². The molecule has 94 valence electrons. The molecular formula is C12H17ClN2O2. The Morgan fingerprint density at radius 3 is 2.65 bits per heavy atom. The lowest BCUT2D eigenvalue weighted by molar-refractivity contribution is 0.545. The van der Waals surface area contributed by atoms with Crippen molar-refractivity contribution in [2.75, 3.05) is 0 Å². The molecule has 1 aliphatic rings. The largest absolute Gasteiger partial charge is 0.329 e. The van der Waals surface area contributed by atoms with Gasteiger partial charge in [-0.1, -0.05) is 31.9 Å². The minimum Gasteiger partial charge on any atom is -0.297 e. The van der Waals surface area contributed by atoms with Crippen LogP contribution in [0.2, 0.25) is 5.15 Å². The highest BCUT2D eigenvalue weighted by Crippen LogP contribution is 2.38. The molecule has 2 rings (SSSR count). The lowest BCUT2D eigenvalue weighted by Crippen LogP contribution is -2.38. The van der Waals surface area contributed by atoms with Crippen molar-refractivity contribution >= 4 is 11.6 Å². The second-order valence-corrected chi connectivity index (χ2v) is 5.24. The molecule has 0 aromatic carbocycles. The highest BCUT2D eigenvalue weighted by molar-refractivity contribution is 6.30. The van der Waals surface area contributed by atoms with Gasteiger partial charge in [-0.3, -0.25) is 14.3 Å². The van der Waals surface area contributed by atoms with Crippen molar-refractivity contribution < 1.29 is 0 Å². The summed E-state index contributed by atoms with van der Waals surface area (Å²) in [6.45, 7) is 4.63. The van der Waals surface area contributed by atoms with E-state index in [4.69, 9.17) is 11.6 Å². The van der Waals surface area contributed by atoms with Gasteiger partial charge in [0, 0.05) is 6.54 Å². The lowest BCUT2D eigenvalue weighted by atomic mass is 10.2. The molecule has 1 saturated carbocycles. The molecule has 17 heavy (non-hydrogen) atoms. The average Bonchev–Trinajstić information content (AvgIpc) is 2.95. The van der Waals surface area contributed by atoms with Gasteiger partial charge in [-0.15, -0.1) is 0 Å². The van der Waals surface area contributed by atoms with Crippen LogP contribution in [0.15, 0.2) is 9.59 Å². The molecule has 2 unspecified atom stereocenters. The second-order valence-electron chi connectivity index (χ2n) is 4.86. The van der Waals surface area contributed by atoms with Crippen molar-refractivity contribution in [3.05, 3.63) is 31.6 Å². The predicted octanol–water partition coefficient (Wildman–Crippen LogP) is 1.80. The van der Waals surface area contributed by atoms with Crippen molar-refractivity contribution in [2.24, 2.45) is 11.8 Å². The molecule has 1 aromatic heterocycles. The number of hydrogen-bond acceptors (Lipinski definition) is 2. The summed E-state index contributed by atoms with van der Waals surface area (Å²) in [5, 5.41) is 0.196. The fraction of sp³-hybridized carbons (Fsp3) is 0.667. The molecule has 1 aliphatic carbocycles. The van der Waals surface area contributed by atoms with Crippen LogP contribution in [0, 0.1) is 11.8 Å². The first-order valence-electron chi connectivity index (χ1n) is 6.06. The number of nitrogens with zero attached hydrogens (tertiary/aromatic N) is 1. The van der Waals surface area contributed by atoms with Crippen molar-refractivity contribution in [3.63, 3.8) is 0 Å². The summed E-state index contributed by atoms with van der Waals surface area (Å²) in [6.07, 6.45) is 2.53. The van der Waals surface area contributed by atoms with Crippen LogP contribution in [-0.2, 0) is 13.0 Å². The first kappa shape index (κ1) is 12.4. The van der Waals surface area contributed by atoms with Crippen LogP contribution in [0.3, 0.4) is 0 Å². The molecule has 1 aromatic rings. The Balaban J connectivity index is 2.40. The number of H-pyrrole nitrogens is 1. The lowest BCUT2D eigenvalue weighted by Gasteiger charge is -2.07. The van der Waals surface area contributed by atoms with Crippen LogP contribution in [0.4, 0.5) is 0 Å². The Morgan fingerprint density at radius 2 is 2.12 bits per heavy atom. The predicted molar refractivity (Wildman–Crippen MR) is 67.6 cm³/mol. The number of rotatable bonds is 4. The zero-order valence-corrected chi connectivity index (χ0v) is 10.9. The maximum atomic E-state index is 12.1. The summed E-state index contributed by atoms with van der Waals surface area (Å²) in [5.74, 6) is 1.08. The molecule has 0 aliphatic heterocycles. The Hall–Kier alpha value is -1.03. The van der Waals surface area contributed by atoms with Crippen molar-refractivity contribution in [2.45, 2.75) is 39.7 Å². The average molecular weight is 257 g/mol. The van der Waals surface area contributed by atoms with Gasteiger partial charge in [0.15, 0.2) is 0 Å². The van der Waals surface area contributed by atoms with E-state index in [9.17, 15) is 9.59 Å². The fourth-order valence-electron chi connectivity index (χ4n) is 2.11. The molecule has 4 nitrogen and oxygen atoms in total. The van der Waals surface area contributed by atoms with Gasteiger partial charge in [-0.25, -0.2) is 4.79 Å². The molecule has 0 bridgehead atoms. The maximum absolute atomic E-state index is 12.1. The molecule has 1 N–H and O–H groups in total. The van der Waals surface area contributed by atoms with E-state index in [0.29, 0.717) is 30.4 Å². The summed E-state index contributed by atoms with van der Waals surface area (Å²) < 4.78 is 1.30. The fourth-order valence-corrected chi connectivity index (χ4v) is 2.36. The molecule has 0 radical (unpaired) electrons. The molecule has 1 fully saturated rings. The quantitative estimate of drug-likeness (QED) is 0.836. The second kappa shape index (κ2) is 4.69. The van der Waals surface area contributed by atoms with E-state index >= 15 is 0 Å². The Bertz CT molecular complexity index is 532. The van der Waals surface area contributed by atoms with Gasteiger partial charge >= 0.3 is 5.69 Å². The van der Waals surface area contributed by atoms with E-state index < -0.39 is 0 Å². The summed E-state index contributed by atoms with van der Waals surface area (Å²) in [5.41, 5.74) is -0.0827. The molecule has 0 saturated heterocycles.